The molecule has 0 saturated heterocycles. The second kappa shape index (κ2) is 7.83. The number of rotatable bonds is 7. The van der Waals surface area contributed by atoms with Crippen molar-refractivity contribution < 1.29 is 24.6 Å². The number of hydrogen-bond acceptors (Lipinski definition) is 4. The molecule has 0 aliphatic rings. The lowest BCUT2D eigenvalue weighted by molar-refractivity contribution is -0.140. The van der Waals surface area contributed by atoms with Gasteiger partial charge in [0, 0.05) is 12.6 Å². The van der Waals surface area contributed by atoms with E-state index in [9.17, 15) is 14.4 Å². The molecule has 1 rings (SSSR count). The molecule has 21 heavy (non-hydrogen) atoms. The van der Waals surface area contributed by atoms with Crippen LogP contribution in [0.1, 0.15) is 25.0 Å². The minimum atomic E-state index is -1.21. The zero-order chi connectivity index (χ0) is 15.8. The molecule has 4 N–H and O–H groups in total. The Kier molecular flexibility index (Phi) is 6.12. The quantitative estimate of drug-likeness (QED) is 0.598. The van der Waals surface area contributed by atoms with Crippen LogP contribution < -0.4 is 10.6 Å². The highest BCUT2D eigenvalue weighted by molar-refractivity contribution is 5.92. The van der Waals surface area contributed by atoms with Gasteiger partial charge < -0.3 is 20.8 Å². The second-order valence-corrected chi connectivity index (χ2v) is 4.41. The minimum absolute atomic E-state index is 0.0427. The Morgan fingerprint density at radius 3 is 2.62 bits per heavy atom. The van der Waals surface area contributed by atoms with Crippen LogP contribution >= 0.6 is 0 Å². The number of nitrogens with one attached hydrogen (secondary N) is 2. The van der Waals surface area contributed by atoms with Gasteiger partial charge in [-0.15, -0.1) is 0 Å². The predicted molar refractivity (Wildman–Crippen MR) is 74.0 cm³/mol. The number of aromatic nitrogens is 1. The van der Waals surface area contributed by atoms with Gasteiger partial charge in [-0.2, -0.15) is 0 Å². The number of anilines is 1. The molecule has 1 atom stereocenters. The third-order valence-corrected chi connectivity index (χ3v) is 2.74. The maximum absolute atomic E-state index is 11.7. The van der Waals surface area contributed by atoms with Crippen molar-refractivity contribution in [3.8, 4) is 0 Å². The smallest absolute Gasteiger partial charge is 0.326 e. The van der Waals surface area contributed by atoms with Crippen molar-refractivity contribution in [3.05, 3.63) is 24.0 Å². The Labute approximate surface area is 121 Å². The first-order valence-electron chi connectivity index (χ1n) is 6.34. The van der Waals surface area contributed by atoms with Crippen LogP contribution in [0.25, 0.3) is 0 Å². The zero-order valence-electron chi connectivity index (χ0n) is 11.5. The van der Waals surface area contributed by atoms with Gasteiger partial charge in [0.25, 0.3) is 0 Å². The first kappa shape index (κ1) is 16.4. The molecule has 0 aromatic carbocycles. The van der Waals surface area contributed by atoms with Gasteiger partial charge in [0.1, 0.15) is 6.04 Å². The summed E-state index contributed by atoms with van der Waals surface area (Å²) in [7, 11) is 0. The van der Waals surface area contributed by atoms with Gasteiger partial charge in [0.15, 0.2) is 0 Å². The molecule has 1 heterocycles. The van der Waals surface area contributed by atoms with Crippen LogP contribution in [0.15, 0.2) is 18.3 Å². The maximum atomic E-state index is 11.7. The fraction of sp³-hybridized carbons (Fsp3) is 0.385. The normalized spacial score (nSPS) is 11.5. The number of aliphatic carboxylic acids is 2. The average Bonchev–Trinajstić information content (AvgIpc) is 2.39. The molecule has 0 unspecified atom stereocenters. The first-order chi connectivity index (χ1) is 9.90. The molecule has 2 amide bonds. The predicted octanol–water partition coefficient (Wildman–Crippen LogP) is 1.22. The van der Waals surface area contributed by atoms with Gasteiger partial charge in [-0.25, -0.2) is 9.59 Å². The second-order valence-electron chi connectivity index (χ2n) is 4.41. The topological polar surface area (TPSA) is 129 Å². The van der Waals surface area contributed by atoms with Crippen molar-refractivity contribution in [3.63, 3.8) is 0 Å². The van der Waals surface area contributed by atoms with Crippen molar-refractivity contribution in [1.82, 2.24) is 10.3 Å². The van der Waals surface area contributed by atoms with Crippen LogP contribution in [-0.2, 0) is 9.59 Å². The van der Waals surface area contributed by atoms with Crippen LogP contribution in [0.5, 0.6) is 0 Å². The van der Waals surface area contributed by atoms with E-state index in [0.29, 0.717) is 11.4 Å². The molecular weight excluding hydrogens is 278 g/mol. The molecule has 8 nitrogen and oxygen atoms in total. The molecule has 0 fully saturated rings. The molecule has 1 aromatic rings. The van der Waals surface area contributed by atoms with E-state index in [1.165, 1.54) is 0 Å². The fourth-order valence-electron chi connectivity index (χ4n) is 1.65. The van der Waals surface area contributed by atoms with Gasteiger partial charge in [0.2, 0.25) is 0 Å². The van der Waals surface area contributed by atoms with E-state index in [4.69, 9.17) is 10.2 Å². The van der Waals surface area contributed by atoms with Crippen LogP contribution in [0.4, 0.5) is 10.5 Å². The summed E-state index contributed by atoms with van der Waals surface area (Å²) in [6.45, 7) is 1.71. The number of hydrogen-bond donors (Lipinski definition) is 4. The number of aryl methyl sites for hydroxylation is 1. The van der Waals surface area contributed by atoms with Crippen LogP contribution in [0.2, 0.25) is 0 Å². The lowest BCUT2D eigenvalue weighted by Gasteiger charge is -2.15. The maximum Gasteiger partial charge on any atom is 0.326 e. The van der Waals surface area contributed by atoms with Crippen molar-refractivity contribution in [2.75, 3.05) is 5.32 Å². The molecule has 8 heteroatoms. The van der Waals surface area contributed by atoms with Crippen molar-refractivity contribution in [2.45, 2.75) is 32.2 Å². The average molecular weight is 295 g/mol. The van der Waals surface area contributed by atoms with E-state index in [1.807, 2.05) is 0 Å². The number of pyridine rings is 1. The van der Waals surface area contributed by atoms with E-state index in [0.717, 1.165) is 0 Å². The molecule has 0 aliphatic heterocycles. The van der Waals surface area contributed by atoms with Gasteiger partial charge >= 0.3 is 18.0 Å². The lowest BCUT2D eigenvalue weighted by Crippen LogP contribution is -2.43. The van der Waals surface area contributed by atoms with Crippen LogP contribution in [-0.4, -0.2) is 39.2 Å². The highest BCUT2D eigenvalue weighted by atomic mass is 16.4. The summed E-state index contributed by atoms with van der Waals surface area (Å²) in [5.41, 5.74) is 1.08. The van der Waals surface area contributed by atoms with Gasteiger partial charge in [-0.05, 0) is 31.9 Å². The first-order valence-corrected chi connectivity index (χ1v) is 6.34. The number of nitrogens with zero attached hydrogens (tertiary/aromatic N) is 1. The van der Waals surface area contributed by atoms with Crippen molar-refractivity contribution in [2.24, 2.45) is 0 Å². The zero-order valence-corrected chi connectivity index (χ0v) is 11.5. The highest BCUT2D eigenvalue weighted by Crippen LogP contribution is 2.10. The summed E-state index contributed by atoms with van der Waals surface area (Å²) in [6.07, 6.45) is 1.64. The van der Waals surface area contributed by atoms with Crippen molar-refractivity contribution >= 4 is 23.7 Å². The molecule has 114 valence electrons. The Morgan fingerprint density at radius 1 is 1.33 bits per heavy atom. The monoisotopic (exact) mass is 295 g/mol. The number of carboxylic acids is 2. The molecule has 0 saturated carbocycles. The Hall–Kier alpha value is -2.64. The third kappa shape index (κ3) is 5.89. The minimum Gasteiger partial charge on any atom is -0.481 e. The number of urea groups is 1. The molecule has 0 bridgehead atoms. The molecular formula is C13H17N3O5. The van der Waals surface area contributed by atoms with E-state index in [2.05, 4.69) is 15.6 Å². The standard InChI is InChI=1S/C13H17N3O5/c1-8-9(5-3-7-14-8)15-13(21)16-10(12(19)20)4-2-6-11(17)18/h3,5,7,10H,2,4,6H2,1H3,(H,17,18)(H,19,20)(H2,15,16,21)/t10-/m1/s1. The Balaban J connectivity index is 2.54. The van der Waals surface area contributed by atoms with Crippen molar-refractivity contribution in [1.29, 1.82) is 0 Å². The molecule has 0 aliphatic carbocycles. The molecule has 0 radical (unpaired) electrons. The largest absolute Gasteiger partial charge is 0.481 e. The highest BCUT2D eigenvalue weighted by Gasteiger charge is 2.20. The van der Waals surface area contributed by atoms with E-state index < -0.39 is 24.0 Å². The van der Waals surface area contributed by atoms with Gasteiger partial charge in [0.05, 0.1) is 11.4 Å². The van der Waals surface area contributed by atoms with Crippen LogP contribution in [0, 0.1) is 6.92 Å². The SMILES string of the molecule is Cc1ncccc1NC(=O)N[C@H](CCCC(=O)O)C(=O)O. The number of carboxylic acid groups (broad SMARTS) is 2. The summed E-state index contributed by atoms with van der Waals surface area (Å²) in [5, 5.41) is 22.3. The van der Waals surface area contributed by atoms with E-state index in [-0.39, 0.29) is 19.3 Å². The number of carbonyl (C=O) groups is 3. The van der Waals surface area contributed by atoms with E-state index >= 15 is 0 Å². The fourth-order valence-corrected chi connectivity index (χ4v) is 1.65. The summed E-state index contributed by atoms with van der Waals surface area (Å²) >= 11 is 0. The summed E-state index contributed by atoms with van der Waals surface area (Å²) in [6, 6.07) is 1.47. The van der Waals surface area contributed by atoms with E-state index in [1.54, 1.807) is 25.3 Å². The molecule has 0 spiro atoms. The van der Waals surface area contributed by atoms with Gasteiger partial charge in [-0.3, -0.25) is 9.78 Å². The number of carbonyl (C=O) groups excluding carboxylic acids is 1. The van der Waals surface area contributed by atoms with Gasteiger partial charge in [-0.1, -0.05) is 0 Å². The summed E-state index contributed by atoms with van der Waals surface area (Å²) in [4.78, 5) is 37.2. The lowest BCUT2D eigenvalue weighted by atomic mass is 10.1. The molecule has 1 aromatic heterocycles. The third-order valence-electron chi connectivity index (χ3n) is 2.74. The number of amides is 2. The summed E-state index contributed by atoms with van der Waals surface area (Å²) in [5.74, 6) is -2.21. The Morgan fingerprint density at radius 2 is 2.05 bits per heavy atom. The summed E-state index contributed by atoms with van der Waals surface area (Å²) < 4.78 is 0. The Bertz CT molecular complexity index is 532. The van der Waals surface area contributed by atoms with Crippen LogP contribution in [0.3, 0.4) is 0 Å².